The molecule has 0 bridgehead atoms. The molecule has 7 heteroatoms. The summed E-state index contributed by atoms with van der Waals surface area (Å²) in [4.78, 5) is 13.3. The van der Waals surface area contributed by atoms with Crippen molar-refractivity contribution in [1.29, 1.82) is 0 Å². The monoisotopic (exact) mass is 411 g/mol. The number of nitrogens with zero attached hydrogens (tertiary/aromatic N) is 1. The van der Waals surface area contributed by atoms with E-state index in [1.165, 1.54) is 12.1 Å². The van der Waals surface area contributed by atoms with Crippen molar-refractivity contribution in [2.24, 2.45) is 5.92 Å². The molecular weight excluding hydrogens is 391 g/mol. The van der Waals surface area contributed by atoms with E-state index in [0.29, 0.717) is 24.7 Å². The lowest BCUT2D eigenvalue weighted by atomic mass is 9.83. The Balaban J connectivity index is 1.76. The maximum absolute atomic E-state index is 12.7. The van der Waals surface area contributed by atoms with Gasteiger partial charge in [0.25, 0.3) is 0 Å². The topological polar surface area (TPSA) is 40.5 Å². The summed E-state index contributed by atoms with van der Waals surface area (Å²) in [5.74, 6) is -0.734. The third kappa shape index (κ3) is 5.49. The number of aliphatic carboxylic acids is 1. The van der Waals surface area contributed by atoms with Gasteiger partial charge in [0.15, 0.2) is 0 Å². The fourth-order valence-corrected chi connectivity index (χ4v) is 4.08. The van der Waals surface area contributed by atoms with E-state index in [1.807, 2.05) is 18.2 Å². The van der Waals surface area contributed by atoms with Gasteiger partial charge in [0.1, 0.15) is 0 Å². The lowest BCUT2D eigenvalue weighted by Crippen LogP contribution is -2.39. The van der Waals surface area contributed by atoms with E-state index in [0.717, 1.165) is 29.7 Å². The molecule has 1 N–H and O–H groups in total. The SMILES string of the molecule is O=C(O)CC1CC(c2cccc(Cl)c2)CN(Cc2ccc(C(F)(F)F)cc2)C1. The molecule has 0 spiro atoms. The van der Waals surface area contributed by atoms with Crippen LogP contribution in [0.1, 0.15) is 35.4 Å². The third-order valence-electron chi connectivity index (χ3n) is 5.08. The van der Waals surface area contributed by atoms with Crippen LogP contribution in [0.25, 0.3) is 0 Å². The van der Waals surface area contributed by atoms with Gasteiger partial charge in [-0.05, 0) is 53.6 Å². The lowest BCUT2D eigenvalue weighted by Gasteiger charge is -2.37. The van der Waals surface area contributed by atoms with Crippen LogP contribution >= 0.6 is 11.6 Å². The van der Waals surface area contributed by atoms with Gasteiger partial charge < -0.3 is 5.11 Å². The number of piperidine rings is 1. The summed E-state index contributed by atoms with van der Waals surface area (Å²) in [6.07, 6.45) is -3.54. The number of carboxylic acids is 1. The summed E-state index contributed by atoms with van der Waals surface area (Å²) in [5.41, 5.74) is 1.16. The normalized spacial score (nSPS) is 20.9. The van der Waals surface area contributed by atoms with Crippen molar-refractivity contribution >= 4 is 17.6 Å². The summed E-state index contributed by atoms with van der Waals surface area (Å²) in [6.45, 7) is 1.78. The summed E-state index contributed by atoms with van der Waals surface area (Å²) in [7, 11) is 0. The fraction of sp³-hybridized carbons (Fsp3) is 0.381. The first-order valence-electron chi connectivity index (χ1n) is 9.06. The molecule has 1 aliphatic heterocycles. The van der Waals surface area contributed by atoms with E-state index in [-0.39, 0.29) is 18.3 Å². The molecule has 1 saturated heterocycles. The standard InChI is InChI=1S/C21H21ClF3NO2/c22-19-3-1-2-16(10-19)17-8-15(9-20(27)28)12-26(13-17)11-14-4-6-18(7-5-14)21(23,24)25/h1-7,10,15,17H,8-9,11-13H2,(H,27,28). The molecule has 2 unspecified atom stereocenters. The third-order valence-corrected chi connectivity index (χ3v) is 5.32. The largest absolute Gasteiger partial charge is 0.481 e. The van der Waals surface area contributed by atoms with E-state index < -0.39 is 17.7 Å². The van der Waals surface area contributed by atoms with Gasteiger partial charge in [-0.25, -0.2) is 0 Å². The van der Waals surface area contributed by atoms with Gasteiger partial charge in [0.2, 0.25) is 0 Å². The quantitative estimate of drug-likeness (QED) is 0.712. The number of benzene rings is 2. The van der Waals surface area contributed by atoms with Gasteiger partial charge in [0.05, 0.1) is 5.56 Å². The van der Waals surface area contributed by atoms with E-state index in [4.69, 9.17) is 11.6 Å². The maximum Gasteiger partial charge on any atom is 0.416 e. The van der Waals surface area contributed by atoms with Crippen LogP contribution < -0.4 is 0 Å². The van der Waals surface area contributed by atoms with Crippen LogP contribution in [0.4, 0.5) is 13.2 Å². The number of likely N-dealkylation sites (tertiary alicyclic amines) is 1. The fourth-order valence-electron chi connectivity index (χ4n) is 3.89. The molecule has 0 saturated carbocycles. The zero-order chi connectivity index (χ0) is 20.3. The van der Waals surface area contributed by atoms with Crippen LogP contribution in [0.5, 0.6) is 0 Å². The molecule has 150 valence electrons. The molecule has 0 amide bonds. The number of halogens is 4. The minimum atomic E-state index is -4.35. The zero-order valence-corrected chi connectivity index (χ0v) is 15.9. The van der Waals surface area contributed by atoms with E-state index >= 15 is 0 Å². The molecule has 2 aromatic carbocycles. The second-order valence-electron chi connectivity index (χ2n) is 7.34. The lowest BCUT2D eigenvalue weighted by molar-refractivity contribution is -0.139. The summed E-state index contributed by atoms with van der Waals surface area (Å²) in [6, 6.07) is 12.7. The number of hydrogen-bond donors (Lipinski definition) is 1. The summed E-state index contributed by atoms with van der Waals surface area (Å²) >= 11 is 6.10. The number of carboxylic acid groups (broad SMARTS) is 1. The van der Waals surface area contributed by atoms with Crippen molar-refractivity contribution in [3.8, 4) is 0 Å². The predicted molar refractivity (Wildman–Crippen MR) is 101 cm³/mol. The Morgan fingerprint density at radius 3 is 2.46 bits per heavy atom. The molecule has 1 fully saturated rings. The van der Waals surface area contributed by atoms with E-state index in [2.05, 4.69) is 4.90 Å². The Hall–Kier alpha value is -2.05. The molecule has 0 radical (unpaired) electrons. The average Bonchev–Trinajstić information content (AvgIpc) is 2.60. The van der Waals surface area contributed by atoms with Gasteiger partial charge in [-0.1, -0.05) is 35.9 Å². The number of hydrogen-bond acceptors (Lipinski definition) is 2. The molecule has 1 heterocycles. The van der Waals surface area contributed by atoms with Crippen molar-refractivity contribution in [3.05, 3.63) is 70.2 Å². The highest BCUT2D eigenvalue weighted by Gasteiger charge is 2.31. The molecule has 2 atom stereocenters. The van der Waals surface area contributed by atoms with Gasteiger partial charge in [-0.3, -0.25) is 9.69 Å². The van der Waals surface area contributed by atoms with Crippen LogP contribution in [0.3, 0.4) is 0 Å². The summed E-state index contributed by atoms with van der Waals surface area (Å²) in [5, 5.41) is 9.83. The van der Waals surface area contributed by atoms with Gasteiger partial charge in [0, 0.05) is 31.1 Å². The van der Waals surface area contributed by atoms with Crippen LogP contribution in [-0.2, 0) is 17.5 Å². The smallest absolute Gasteiger partial charge is 0.416 e. The van der Waals surface area contributed by atoms with Gasteiger partial charge in [-0.15, -0.1) is 0 Å². The molecule has 28 heavy (non-hydrogen) atoms. The first kappa shape index (κ1) is 20.7. The highest BCUT2D eigenvalue weighted by atomic mass is 35.5. The van der Waals surface area contributed by atoms with Crippen molar-refractivity contribution in [1.82, 2.24) is 4.90 Å². The van der Waals surface area contributed by atoms with Crippen LogP contribution in [0.15, 0.2) is 48.5 Å². The average molecular weight is 412 g/mol. The van der Waals surface area contributed by atoms with E-state index in [9.17, 15) is 23.1 Å². The van der Waals surface area contributed by atoms with Crippen LogP contribution in [-0.4, -0.2) is 29.1 Å². The molecule has 3 nitrogen and oxygen atoms in total. The van der Waals surface area contributed by atoms with Crippen LogP contribution in [0.2, 0.25) is 5.02 Å². The molecular formula is C21H21ClF3NO2. The number of rotatable bonds is 5. The zero-order valence-electron chi connectivity index (χ0n) is 15.1. The van der Waals surface area contributed by atoms with Crippen molar-refractivity contribution in [2.45, 2.75) is 31.5 Å². The van der Waals surface area contributed by atoms with Crippen molar-refractivity contribution < 1.29 is 23.1 Å². The molecule has 1 aliphatic rings. The Labute approximate surface area is 166 Å². The van der Waals surface area contributed by atoms with Gasteiger partial charge in [-0.2, -0.15) is 13.2 Å². The number of carbonyl (C=O) groups is 1. The Kier molecular flexibility index (Phi) is 6.30. The minimum Gasteiger partial charge on any atom is -0.481 e. The van der Waals surface area contributed by atoms with Crippen molar-refractivity contribution in [3.63, 3.8) is 0 Å². The van der Waals surface area contributed by atoms with E-state index in [1.54, 1.807) is 6.07 Å². The first-order chi connectivity index (χ1) is 13.2. The Bertz CT molecular complexity index is 823. The van der Waals surface area contributed by atoms with Gasteiger partial charge >= 0.3 is 12.1 Å². The summed E-state index contributed by atoms with van der Waals surface area (Å²) < 4.78 is 38.2. The predicted octanol–water partition coefficient (Wildman–Crippen LogP) is 5.44. The molecule has 0 aliphatic carbocycles. The van der Waals surface area contributed by atoms with Crippen LogP contribution in [0, 0.1) is 5.92 Å². The second kappa shape index (κ2) is 8.53. The number of alkyl halides is 3. The first-order valence-corrected chi connectivity index (χ1v) is 9.44. The Morgan fingerprint density at radius 2 is 1.86 bits per heavy atom. The second-order valence-corrected chi connectivity index (χ2v) is 7.78. The highest BCUT2D eigenvalue weighted by molar-refractivity contribution is 6.30. The highest BCUT2D eigenvalue weighted by Crippen LogP contribution is 2.34. The minimum absolute atomic E-state index is 0.0234. The molecule has 0 aromatic heterocycles. The molecule has 3 rings (SSSR count). The molecule has 2 aromatic rings. The van der Waals surface area contributed by atoms with Crippen molar-refractivity contribution in [2.75, 3.05) is 13.1 Å². The maximum atomic E-state index is 12.7. The Morgan fingerprint density at radius 1 is 1.14 bits per heavy atom.